The number of nitrogens with one attached hydrogen (secondary N) is 4. The van der Waals surface area contributed by atoms with Crippen LogP contribution >= 0.6 is 11.6 Å². The molecule has 22 nitrogen and oxygen atoms in total. The molecule has 3 aromatic carbocycles. The number of rotatable bonds is 32. The lowest BCUT2D eigenvalue weighted by Crippen LogP contribution is -2.45. The number of nitrogens with two attached hydrogens (primary N) is 1. The molecule has 2 unspecified atom stereocenters. The van der Waals surface area contributed by atoms with Crippen LogP contribution in [0.3, 0.4) is 0 Å². The number of fused-ring (bicyclic) bond motifs is 1. The van der Waals surface area contributed by atoms with E-state index in [1.165, 1.54) is 49.4 Å². The summed E-state index contributed by atoms with van der Waals surface area (Å²) in [5, 5.41) is 20.6. The van der Waals surface area contributed by atoms with Crippen molar-refractivity contribution in [1.29, 1.82) is 5.26 Å². The number of hydrogen-bond acceptors (Lipinski definition) is 17. The molecule has 4 rings (SSSR count). The topological polar surface area (TPSA) is 308 Å². The van der Waals surface area contributed by atoms with Gasteiger partial charge in [-0.15, -0.1) is 0 Å². The van der Waals surface area contributed by atoms with Crippen molar-refractivity contribution < 1.29 is 98.2 Å². The molecule has 0 bridgehead atoms. The number of urea groups is 1. The zero-order chi connectivity index (χ0) is 59.8. The molecule has 0 saturated heterocycles. The molecule has 0 fully saturated rings. The lowest BCUT2D eigenvalue weighted by atomic mass is 9.79. The predicted molar refractivity (Wildman–Crippen MR) is 273 cm³/mol. The van der Waals surface area contributed by atoms with Gasteiger partial charge in [-0.3, -0.25) is 29.3 Å². The Labute approximate surface area is 466 Å². The first-order valence-electron chi connectivity index (χ1n) is 25.2. The normalized spacial score (nSPS) is 13.8. The maximum Gasteiger partial charge on any atom is 0.414 e. The van der Waals surface area contributed by atoms with E-state index in [4.69, 9.17) is 50.5 Å². The molecule has 3 aromatic rings. The van der Waals surface area contributed by atoms with Gasteiger partial charge in [0.1, 0.15) is 17.9 Å². The van der Waals surface area contributed by atoms with Crippen molar-refractivity contribution in [1.82, 2.24) is 16.0 Å². The van der Waals surface area contributed by atoms with E-state index in [-0.39, 0.29) is 114 Å². The van der Waals surface area contributed by atoms with E-state index in [1.807, 2.05) is 6.07 Å². The van der Waals surface area contributed by atoms with Crippen molar-refractivity contribution in [2.75, 3.05) is 64.7 Å². The molecule has 440 valence electrons. The third-order valence-corrected chi connectivity index (χ3v) is 11.9. The van der Waals surface area contributed by atoms with E-state index >= 15 is 0 Å². The Kier molecular flexibility index (Phi) is 26.7. The van der Waals surface area contributed by atoms with Gasteiger partial charge in [0.15, 0.2) is 11.7 Å². The van der Waals surface area contributed by atoms with Crippen molar-refractivity contribution in [3.8, 4) is 17.6 Å². The van der Waals surface area contributed by atoms with Crippen LogP contribution < -0.4 is 36.5 Å². The largest absolute Gasteiger partial charge is 0.465 e. The van der Waals surface area contributed by atoms with Gasteiger partial charge in [0.2, 0.25) is 52.5 Å². The number of hydrogen-bond donors (Lipinski definition) is 5. The number of esters is 3. The first-order chi connectivity index (χ1) is 38.6. The summed E-state index contributed by atoms with van der Waals surface area (Å²) >= 11 is 6.26. The molecule has 0 saturated carbocycles. The average molecular weight is 1170 g/mol. The van der Waals surface area contributed by atoms with Crippen molar-refractivity contribution in [2.24, 2.45) is 23.5 Å². The Balaban J connectivity index is 1.26. The Morgan fingerprint density at radius 1 is 0.778 bits per heavy atom. The van der Waals surface area contributed by atoms with Gasteiger partial charge in [-0.2, -0.15) is 14.0 Å². The summed E-state index contributed by atoms with van der Waals surface area (Å²) in [6, 6.07) is 10.5. The van der Waals surface area contributed by atoms with Gasteiger partial charge in [0.05, 0.1) is 77.3 Å². The second kappa shape index (κ2) is 33.0. The van der Waals surface area contributed by atoms with Gasteiger partial charge in [-0.25, -0.2) is 27.6 Å². The minimum Gasteiger partial charge on any atom is -0.465 e. The molecule has 1 aliphatic rings. The van der Waals surface area contributed by atoms with E-state index in [2.05, 4.69) is 26.0 Å². The van der Waals surface area contributed by atoms with Crippen LogP contribution in [0.5, 0.6) is 11.5 Å². The number of primary amides is 1. The Bertz CT molecular complexity index is 2790. The number of alkyl carbamates (subject to hydrolysis) is 1. The number of ether oxygens (including phenoxy) is 8. The van der Waals surface area contributed by atoms with Crippen molar-refractivity contribution in [2.45, 2.75) is 78.4 Å². The predicted octanol–water partition coefficient (Wildman–Crippen LogP) is 6.45. The summed E-state index contributed by atoms with van der Waals surface area (Å²) < 4.78 is 109. The molecule has 1 aliphatic heterocycles. The minimum absolute atomic E-state index is 0.00382. The number of ketones is 1. The van der Waals surface area contributed by atoms with E-state index in [0.717, 1.165) is 0 Å². The number of nitrogens with zero attached hydrogens (tertiary/aromatic N) is 1. The van der Waals surface area contributed by atoms with Gasteiger partial charge >= 0.3 is 30.0 Å². The summed E-state index contributed by atoms with van der Waals surface area (Å²) in [5.74, 6) is -22.7. The molecule has 4 atom stereocenters. The van der Waals surface area contributed by atoms with Gasteiger partial charge in [-0.1, -0.05) is 37.6 Å². The standard InChI is InChI=1S/C53H60ClF5N6O16/c1-5-77-50(70)34(26-60)39-33-25-31(54)11-14-36(33)80-49(40(39)51(71)78-6-2)65-53(73)79-27-29-9-12-32(13-10-29)63-48(69)30(8-7-17-62-52(61)72)24-35(66)46(28(3)4)64-37(67)15-18-74-20-22-76-23-21-75-19-16-38(68)81-47-44(58)42(56)41(55)43(57)45(47)59/h9-14,25,28,30,34,39,46H,5-8,15-24,27H2,1-4H3,(H,63,69)(H,64,67)(H,65,73)(H3,61,62,72)/t30-,34?,39?,46+/m1/s1. The maximum atomic E-state index is 13.7. The van der Waals surface area contributed by atoms with E-state index in [0.29, 0.717) is 11.3 Å². The van der Waals surface area contributed by atoms with Crippen LogP contribution in [0.15, 0.2) is 53.9 Å². The Morgan fingerprint density at radius 3 is 1.98 bits per heavy atom. The SMILES string of the molecule is CCOC(=O)C1=C(NC(=O)OCc2ccc(NC(=O)[C@H](CCCNC(N)=O)CC(=O)[C@@H](NC(=O)CCOCCOCCOCCC(=O)Oc3c(F)c(F)c(F)c(F)c3F)C(C)C)cc2)Oc2ccc(Cl)cc2C1C(C#N)C(=O)OCC. The average Bonchev–Trinajstić information content (AvgIpc) is 3.61. The molecular formula is C53H60ClF5N6O16. The molecule has 28 heteroatoms. The number of halogens is 6. The molecule has 6 N–H and O–H groups in total. The number of carbonyl (C=O) groups excluding carboxylic acids is 8. The van der Waals surface area contributed by atoms with Crippen LogP contribution in [-0.2, 0) is 63.8 Å². The highest BCUT2D eigenvalue weighted by Gasteiger charge is 2.45. The Morgan fingerprint density at radius 2 is 1.38 bits per heavy atom. The number of Topliss-reactive ketones (excluding diaryl/α,β-unsaturated/α-hetero) is 1. The lowest BCUT2D eigenvalue weighted by Gasteiger charge is -2.31. The highest BCUT2D eigenvalue weighted by molar-refractivity contribution is 6.30. The number of anilines is 1. The highest BCUT2D eigenvalue weighted by Crippen LogP contribution is 2.45. The van der Waals surface area contributed by atoms with E-state index in [1.54, 1.807) is 20.8 Å². The monoisotopic (exact) mass is 1170 g/mol. The lowest BCUT2D eigenvalue weighted by molar-refractivity contribution is -0.147. The molecule has 81 heavy (non-hydrogen) atoms. The maximum absolute atomic E-state index is 13.7. The number of benzene rings is 3. The zero-order valence-electron chi connectivity index (χ0n) is 44.4. The van der Waals surface area contributed by atoms with Gasteiger partial charge < -0.3 is 59.6 Å². The van der Waals surface area contributed by atoms with Gasteiger partial charge in [0, 0.05) is 41.6 Å². The van der Waals surface area contributed by atoms with Crippen LogP contribution in [0.25, 0.3) is 0 Å². The van der Waals surface area contributed by atoms with Gasteiger partial charge in [0.25, 0.3) is 0 Å². The number of nitriles is 1. The fourth-order valence-electron chi connectivity index (χ4n) is 7.71. The molecule has 5 amide bonds. The molecule has 0 aliphatic carbocycles. The first kappa shape index (κ1) is 65.6. The van der Waals surface area contributed by atoms with E-state index < -0.39 is 124 Å². The molecule has 1 heterocycles. The van der Waals surface area contributed by atoms with Crippen LogP contribution in [0.4, 0.5) is 37.2 Å². The third-order valence-electron chi connectivity index (χ3n) is 11.6. The van der Waals surface area contributed by atoms with Crippen LogP contribution in [0.2, 0.25) is 5.02 Å². The summed E-state index contributed by atoms with van der Waals surface area (Å²) in [6.07, 6.45) is -1.75. The number of carbonyl (C=O) groups is 8. The molecule has 0 spiro atoms. The van der Waals surface area contributed by atoms with Gasteiger partial charge in [-0.05, 0) is 68.5 Å². The highest BCUT2D eigenvalue weighted by atomic mass is 35.5. The second-order valence-corrected chi connectivity index (χ2v) is 18.2. The molecule has 0 aromatic heterocycles. The quantitative estimate of drug-likeness (QED) is 0.00852. The van der Waals surface area contributed by atoms with Crippen molar-refractivity contribution in [3.63, 3.8) is 0 Å². The zero-order valence-corrected chi connectivity index (χ0v) is 45.1. The smallest absolute Gasteiger partial charge is 0.414 e. The molecular weight excluding hydrogens is 1110 g/mol. The molecule has 0 radical (unpaired) electrons. The summed E-state index contributed by atoms with van der Waals surface area (Å²) in [4.78, 5) is 103. The summed E-state index contributed by atoms with van der Waals surface area (Å²) in [6.45, 7) is 5.71. The van der Waals surface area contributed by atoms with Crippen molar-refractivity contribution >= 4 is 64.9 Å². The fourth-order valence-corrected chi connectivity index (χ4v) is 7.89. The van der Waals surface area contributed by atoms with Crippen LogP contribution in [0, 0.1) is 58.2 Å². The van der Waals surface area contributed by atoms with Crippen LogP contribution in [-0.4, -0.2) is 113 Å². The van der Waals surface area contributed by atoms with Crippen LogP contribution in [0.1, 0.15) is 76.8 Å². The second-order valence-electron chi connectivity index (χ2n) is 17.8. The fraction of sp³-hybridized carbons (Fsp3) is 0.453. The van der Waals surface area contributed by atoms with E-state index in [9.17, 15) is 65.6 Å². The number of amides is 5. The first-order valence-corrected chi connectivity index (χ1v) is 25.6. The summed E-state index contributed by atoms with van der Waals surface area (Å²) in [7, 11) is 0. The Hall–Kier alpha value is -7.93. The summed E-state index contributed by atoms with van der Waals surface area (Å²) in [5.41, 5.74) is 5.74. The van der Waals surface area contributed by atoms with Crippen molar-refractivity contribution in [3.05, 3.63) is 99.2 Å². The minimum atomic E-state index is -2.40. The third kappa shape index (κ3) is 20.0.